The van der Waals surface area contributed by atoms with Crippen molar-refractivity contribution in [1.29, 1.82) is 0 Å². The Morgan fingerprint density at radius 3 is 2.07 bits per heavy atom. The van der Waals surface area contributed by atoms with Gasteiger partial charge >= 0.3 is 0 Å². The summed E-state index contributed by atoms with van der Waals surface area (Å²) in [6.45, 7) is 6.12. The third kappa shape index (κ3) is 5.76. The molecule has 5 nitrogen and oxygen atoms in total. The van der Waals surface area contributed by atoms with Crippen molar-refractivity contribution >= 4 is 5.91 Å². The van der Waals surface area contributed by atoms with Crippen LogP contribution >= 0.6 is 0 Å². The number of hydrogen-bond donors (Lipinski definition) is 1. The van der Waals surface area contributed by atoms with Gasteiger partial charge in [-0.2, -0.15) is 4.98 Å². The molecule has 2 aromatic carbocycles. The van der Waals surface area contributed by atoms with Crippen LogP contribution in [0.15, 0.2) is 65.2 Å². The zero-order valence-electron chi connectivity index (χ0n) is 17.3. The molecule has 0 bridgehead atoms. The fraction of sp³-hybridized carbons (Fsp3) is 0.375. The van der Waals surface area contributed by atoms with Gasteiger partial charge in [-0.3, -0.25) is 4.79 Å². The van der Waals surface area contributed by atoms with Crippen molar-refractivity contribution in [1.82, 2.24) is 15.5 Å². The van der Waals surface area contributed by atoms with Gasteiger partial charge in [0.1, 0.15) is 0 Å². The molecule has 3 rings (SSSR count). The smallest absolute Gasteiger partial charge is 0.226 e. The molecule has 0 saturated heterocycles. The van der Waals surface area contributed by atoms with Gasteiger partial charge in [0.25, 0.3) is 0 Å². The van der Waals surface area contributed by atoms with E-state index in [2.05, 4.69) is 46.6 Å². The lowest BCUT2D eigenvalue weighted by Crippen LogP contribution is -2.37. The topological polar surface area (TPSA) is 68.0 Å². The highest BCUT2D eigenvalue weighted by Gasteiger charge is 2.22. The van der Waals surface area contributed by atoms with Crippen molar-refractivity contribution < 1.29 is 9.32 Å². The Morgan fingerprint density at radius 2 is 1.55 bits per heavy atom. The first kappa shape index (κ1) is 20.8. The largest absolute Gasteiger partial charge is 0.353 e. The summed E-state index contributed by atoms with van der Waals surface area (Å²) in [4.78, 5) is 16.9. The molecule has 1 unspecified atom stereocenters. The Labute approximate surface area is 172 Å². The maximum absolute atomic E-state index is 12.5. The number of carbonyl (C=O) groups excluding carboxylic acids is 1. The summed E-state index contributed by atoms with van der Waals surface area (Å²) in [5, 5.41) is 7.15. The van der Waals surface area contributed by atoms with Crippen LogP contribution in [0.25, 0.3) is 0 Å². The van der Waals surface area contributed by atoms with E-state index in [0.717, 1.165) is 0 Å². The fourth-order valence-corrected chi connectivity index (χ4v) is 3.50. The minimum Gasteiger partial charge on any atom is -0.353 e. The second-order valence-corrected chi connectivity index (χ2v) is 7.71. The van der Waals surface area contributed by atoms with Crippen LogP contribution in [0.4, 0.5) is 0 Å². The quantitative estimate of drug-likeness (QED) is 0.566. The van der Waals surface area contributed by atoms with E-state index in [1.54, 1.807) is 0 Å². The second-order valence-electron chi connectivity index (χ2n) is 7.71. The van der Waals surface area contributed by atoms with E-state index in [4.69, 9.17) is 4.52 Å². The molecule has 1 N–H and O–H groups in total. The molecule has 3 aromatic rings. The Kier molecular flexibility index (Phi) is 7.17. The average Bonchev–Trinajstić information content (AvgIpc) is 3.19. The maximum atomic E-state index is 12.5. The lowest BCUT2D eigenvalue weighted by Gasteiger charge is -2.26. The number of nitrogens with one attached hydrogen (secondary N) is 1. The molecule has 1 amide bonds. The third-order valence-corrected chi connectivity index (χ3v) is 5.00. The summed E-state index contributed by atoms with van der Waals surface area (Å²) in [5.41, 5.74) is 2.39. The van der Waals surface area contributed by atoms with Crippen LogP contribution in [-0.2, 0) is 11.2 Å². The Morgan fingerprint density at radius 1 is 0.966 bits per heavy atom. The Bertz CT molecular complexity index is 851. The summed E-state index contributed by atoms with van der Waals surface area (Å²) < 4.78 is 5.25. The number of hydrogen-bond acceptors (Lipinski definition) is 4. The van der Waals surface area contributed by atoms with Gasteiger partial charge in [-0.1, -0.05) is 79.7 Å². The number of carbonyl (C=O) groups is 1. The fourth-order valence-electron chi connectivity index (χ4n) is 3.50. The summed E-state index contributed by atoms with van der Waals surface area (Å²) in [6, 6.07) is 20.6. The highest BCUT2D eigenvalue weighted by Crippen LogP contribution is 2.28. The monoisotopic (exact) mass is 391 g/mol. The summed E-state index contributed by atoms with van der Waals surface area (Å²) in [7, 11) is 0. The third-order valence-electron chi connectivity index (χ3n) is 5.00. The van der Waals surface area contributed by atoms with Crippen molar-refractivity contribution in [3.8, 4) is 0 Å². The van der Waals surface area contributed by atoms with Gasteiger partial charge in [-0.15, -0.1) is 0 Å². The van der Waals surface area contributed by atoms with Gasteiger partial charge in [0.2, 0.25) is 11.8 Å². The molecule has 1 atom stereocenters. The van der Waals surface area contributed by atoms with Gasteiger partial charge in [0.05, 0.1) is 0 Å². The molecule has 0 radical (unpaired) electrons. The van der Waals surface area contributed by atoms with Crippen molar-refractivity contribution in [3.05, 3.63) is 83.5 Å². The van der Waals surface area contributed by atoms with Crippen molar-refractivity contribution in [2.45, 2.75) is 57.9 Å². The second kappa shape index (κ2) is 10.0. The van der Waals surface area contributed by atoms with Crippen molar-refractivity contribution in [2.24, 2.45) is 0 Å². The van der Waals surface area contributed by atoms with Crippen LogP contribution in [-0.4, -0.2) is 22.1 Å². The highest BCUT2D eigenvalue weighted by atomic mass is 16.5. The summed E-state index contributed by atoms with van der Waals surface area (Å²) in [5.74, 6) is 1.70. The van der Waals surface area contributed by atoms with E-state index in [1.165, 1.54) is 11.1 Å². The first-order valence-corrected chi connectivity index (χ1v) is 10.3. The van der Waals surface area contributed by atoms with Gasteiger partial charge in [0.15, 0.2) is 5.82 Å². The number of nitrogens with zero attached hydrogens (tertiary/aromatic N) is 2. The number of aryl methyl sites for hydroxylation is 1. The van der Waals surface area contributed by atoms with Crippen LogP contribution in [0.5, 0.6) is 0 Å². The minimum atomic E-state index is -0.0248. The average molecular weight is 392 g/mol. The molecule has 0 aliphatic rings. The van der Waals surface area contributed by atoms with Gasteiger partial charge in [-0.25, -0.2) is 0 Å². The van der Waals surface area contributed by atoms with E-state index >= 15 is 0 Å². The molecule has 0 fully saturated rings. The molecule has 1 aromatic heterocycles. The minimum absolute atomic E-state index is 0.0248. The van der Waals surface area contributed by atoms with Crippen molar-refractivity contribution in [2.75, 3.05) is 0 Å². The SMILES string of the molecule is CC(C)c1noc(CCCC(=O)NC(C)C(c2ccccc2)c2ccccc2)n1. The maximum Gasteiger partial charge on any atom is 0.226 e. The van der Waals surface area contributed by atoms with Crippen molar-refractivity contribution in [3.63, 3.8) is 0 Å². The van der Waals surface area contributed by atoms with Crippen LogP contribution in [0.1, 0.15) is 68.3 Å². The van der Waals surface area contributed by atoms with Gasteiger partial charge < -0.3 is 9.84 Å². The van der Waals surface area contributed by atoms with Gasteiger partial charge in [-0.05, 0) is 24.5 Å². The molecule has 0 aliphatic carbocycles. The van der Waals surface area contributed by atoms with Gasteiger partial charge in [0, 0.05) is 30.7 Å². The lowest BCUT2D eigenvalue weighted by atomic mass is 9.85. The molecule has 5 heteroatoms. The Balaban J connectivity index is 1.58. The molecule has 1 heterocycles. The van der Waals surface area contributed by atoms with Crippen LogP contribution in [0.2, 0.25) is 0 Å². The van der Waals surface area contributed by atoms with E-state index in [-0.39, 0.29) is 23.8 Å². The van der Waals surface area contributed by atoms with E-state index < -0.39 is 0 Å². The van der Waals surface area contributed by atoms with Crippen LogP contribution in [0.3, 0.4) is 0 Å². The van der Waals surface area contributed by atoms with E-state index in [1.807, 2.05) is 50.2 Å². The molecule has 0 saturated carbocycles. The van der Waals surface area contributed by atoms with Crippen LogP contribution in [0, 0.1) is 0 Å². The Hall–Kier alpha value is -2.95. The molecule has 29 heavy (non-hydrogen) atoms. The van der Waals surface area contributed by atoms with Crippen LogP contribution < -0.4 is 5.32 Å². The van der Waals surface area contributed by atoms with E-state index in [9.17, 15) is 4.79 Å². The number of benzene rings is 2. The predicted molar refractivity (Wildman–Crippen MR) is 114 cm³/mol. The molecular formula is C24H29N3O2. The molecule has 0 spiro atoms. The summed E-state index contributed by atoms with van der Waals surface area (Å²) in [6.07, 6.45) is 1.72. The number of rotatable bonds is 9. The molecular weight excluding hydrogens is 362 g/mol. The number of amides is 1. The standard InChI is InChI=1S/C24H29N3O2/c1-17(2)24-26-22(29-27-24)16-10-15-21(28)25-18(3)23(19-11-6-4-7-12-19)20-13-8-5-9-14-20/h4-9,11-14,17-18,23H,10,15-16H2,1-3H3,(H,25,28). The zero-order valence-corrected chi connectivity index (χ0v) is 17.3. The summed E-state index contributed by atoms with van der Waals surface area (Å²) >= 11 is 0. The molecule has 152 valence electrons. The first-order valence-electron chi connectivity index (χ1n) is 10.3. The number of aromatic nitrogens is 2. The normalized spacial score (nSPS) is 12.3. The zero-order chi connectivity index (χ0) is 20.6. The predicted octanol–water partition coefficient (Wildman–Crippen LogP) is 4.85. The molecule has 0 aliphatic heterocycles. The highest BCUT2D eigenvalue weighted by molar-refractivity contribution is 5.76. The van der Waals surface area contributed by atoms with E-state index in [0.29, 0.717) is 31.0 Å². The first-order chi connectivity index (χ1) is 14.0. The lowest BCUT2D eigenvalue weighted by molar-refractivity contribution is -0.121.